The number of amides is 1. The van der Waals surface area contributed by atoms with Crippen molar-refractivity contribution in [1.82, 2.24) is 4.90 Å². The van der Waals surface area contributed by atoms with E-state index >= 15 is 0 Å². The van der Waals surface area contributed by atoms with Crippen LogP contribution in [0.1, 0.15) is 36.1 Å². The lowest BCUT2D eigenvalue weighted by molar-refractivity contribution is -0.165. The quantitative estimate of drug-likeness (QED) is 0.801. The van der Waals surface area contributed by atoms with Gasteiger partial charge >= 0.3 is 0 Å². The number of nitrogens with zero attached hydrogens (tertiary/aromatic N) is 1. The summed E-state index contributed by atoms with van der Waals surface area (Å²) >= 11 is 12.3. The molecule has 4 nitrogen and oxygen atoms in total. The van der Waals surface area contributed by atoms with Gasteiger partial charge in [-0.15, -0.1) is 0 Å². The Hall–Kier alpha value is -1.59. The molecule has 6 heteroatoms. The van der Waals surface area contributed by atoms with E-state index in [1.54, 1.807) is 0 Å². The van der Waals surface area contributed by atoms with E-state index in [9.17, 15) is 9.90 Å². The number of aliphatic hydroxyl groups is 1. The summed E-state index contributed by atoms with van der Waals surface area (Å²) in [7, 11) is 0. The number of hydrogen-bond acceptors (Lipinski definition) is 3. The number of ether oxygens (including phenoxy) is 1. The molecule has 0 aromatic heterocycles. The largest absolute Gasteiger partial charge is 0.394 e. The highest BCUT2D eigenvalue weighted by Gasteiger charge is 2.46. The van der Waals surface area contributed by atoms with E-state index in [4.69, 9.17) is 27.9 Å². The van der Waals surface area contributed by atoms with E-state index in [-0.39, 0.29) is 37.3 Å². The molecule has 2 aromatic rings. The first-order valence-electron chi connectivity index (χ1n) is 9.13. The molecule has 1 N–H and O–H groups in total. The van der Waals surface area contributed by atoms with Crippen LogP contribution in [-0.4, -0.2) is 35.2 Å². The number of benzene rings is 2. The molecule has 2 aliphatic rings. The van der Waals surface area contributed by atoms with Gasteiger partial charge in [0.05, 0.1) is 18.7 Å². The van der Waals surface area contributed by atoms with Crippen molar-refractivity contribution in [2.45, 2.75) is 31.0 Å². The van der Waals surface area contributed by atoms with E-state index < -0.39 is 0 Å². The van der Waals surface area contributed by atoms with Crippen LogP contribution < -0.4 is 0 Å². The number of rotatable bonds is 5. The predicted molar refractivity (Wildman–Crippen MR) is 105 cm³/mol. The first-order valence-corrected chi connectivity index (χ1v) is 9.88. The number of hydrogen-bond donors (Lipinski definition) is 1. The van der Waals surface area contributed by atoms with Crippen molar-refractivity contribution in [1.29, 1.82) is 0 Å². The Morgan fingerprint density at radius 3 is 2.44 bits per heavy atom. The molecule has 1 aliphatic carbocycles. The molecule has 1 heterocycles. The maximum absolute atomic E-state index is 12.9. The van der Waals surface area contributed by atoms with Crippen LogP contribution in [0, 0.1) is 5.92 Å². The summed E-state index contributed by atoms with van der Waals surface area (Å²) < 4.78 is 5.99. The van der Waals surface area contributed by atoms with Gasteiger partial charge in [0.15, 0.2) is 0 Å². The molecule has 2 fully saturated rings. The summed E-state index contributed by atoms with van der Waals surface area (Å²) in [6.45, 7) is -0.0622. The lowest BCUT2D eigenvalue weighted by Gasteiger charge is -2.45. The van der Waals surface area contributed by atoms with Gasteiger partial charge in [0, 0.05) is 10.0 Å². The summed E-state index contributed by atoms with van der Waals surface area (Å²) in [4.78, 5) is 14.7. The molecular formula is C21H21Cl2NO3. The highest BCUT2D eigenvalue weighted by atomic mass is 35.5. The van der Waals surface area contributed by atoms with Crippen molar-refractivity contribution in [2.75, 3.05) is 13.2 Å². The Morgan fingerprint density at radius 1 is 1.07 bits per heavy atom. The minimum atomic E-state index is -0.365. The molecular weight excluding hydrogens is 385 g/mol. The third-order valence-electron chi connectivity index (χ3n) is 5.36. The maximum Gasteiger partial charge on any atom is 0.249 e. The summed E-state index contributed by atoms with van der Waals surface area (Å²) in [6, 6.07) is 14.4. The van der Waals surface area contributed by atoms with Crippen molar-refractivity contribution in [3.63, 3.8) is 0 Å². The monoisotopic (exact) mass is 405 g/mol. The number of carbonyl (C=O) groups excluding carboxylic acids is 1. The van der Waals surface area contributed by atoms with Gasteiger partial charge in [0.1, 0.15) is 12.7 Å². The molecule has 1 saturated heterocycles. The second-order valence-electron chi connectivity index (χ2n) is 7.17. The maximum atomic E-state index is 12.9. The van der Waals surface area contributed by atoms with Crippen LogP contribution in [-0.2, 0) is 9.53 Å². The molecule has 2 aromatic carbocycles. The smallest absolute Gasteiger partial charge is 0.249 e. The molecule has 1 saturated carbocycles. The minimum absolute atomic E-state index is 0.00943. The van der Waals surface area contributed by atoms with Crippen molar-refractivity contribution in [3.8, 4) is 0 Å². The number of aliphatic hydroxyl groups excluding tert-OH is 1. The van der Waals surface area contributed by atoms with Gasteiger partial charge in [0.2, 0.25) is 5.91 Å². The zero-order valence-corrected chi connectivity index (χ0v) is 16.2. The average molecular weight is 406 g/mol. The minimum Gasteiger partial charge on any atom is -0.394 e. The summed E-state index contributed by atoms with van der Waals surface area (Å²) in [6.07, 6.45) is 1.70. The third kappa shape index (κ3) is 3.85. The Morgan fingerprint density at radius 2 is 1.81 bits per heavy atom. The molecule has 27 heavy (non-hydrogen) atoms. The van der Waals surface area contributed by atoms with Gasteiger partial charge in [-0.25, -0.2) is 0 Å². The fourth-order valence-corrected chi connectivity index (χ4v) is 4.25. The van der Waals surface area contributed by atoms with E-state index in [2.05, 4.69) is 0 Å². The second kappa shape index (κ2) is 7.80. The number of halogens is 2. The van der Waals surface area contributed by atoms with Gasteiger partial charge in [-0.2, -0.15) is 0 Å². The standard InChI is InChI=1S/C21H21Cl2NO3/c22-16-8-6-14(7-9-16)20-21(15-2-1-3-17(23)10-15)27-12-19(26)24(20)18(11-25)13-4-5-13/h1-3,6-10,13,18,20-21,25H,4-5,11-12H2/t18-,20?,21?/m1/s1. The predicted octanol–water partition coefficient (Wildman–Crippen LogP) is 4.41. The van der Waals surface area contributed by atoms with Crippen LogP contribution in [0.5, 0.6) is 0 Å². The van der Waals surface area contributed by atoms with Gasteiger partial charge < -0.3 is 14.7 Å². The van der Waals surface area contributed by atoms with Gasteiger partial charge in [-0.05, 0) is 54.2 Å². The summed E-state index contributed by atoms with van der Waals surface area (Å²) in [5.41, 5.74) is 1.84. The highest BCUT2D eigenvalue weighted by molar-refractivity contribution is 6.30. The van der Waals surface area contributed by atoms with Crippen molar-refractivity contribution >= 4 is 29.1 Å². The van der Waals surface area contributed by atoms with Crippen molar-refractivity contribution in [3.05, 3.63) is 69.7 Å². The molecule has 0 spiro atoms. The van der Waals surface area contributed by atoms with Crippen LogP contribution in [0.15, 0.2) is 48.5 Å². The van der Waals surface area contributed by atoms with E-state index in [1.807, 2.05) is 53.4 Å². The molecule has 1 amide bonds. The highest BCUT2D eigenvalue weighted by Crippen LogP contribution is 2.46. The fourth-order valence-electron chi connectivity index (χ4n) is 3.92. The van der Waals surface area contributed by atoms with Crippen molar-refractivity contribution in [2.24, 2.45) is 5.92 Å². The molecule has 3 atom stereocenters. The van der Waals surface area contributed by atoms with Crippen LogP contribution in [0.25, 0.3) is 0 Å². The molecule has 2 unspecified atom stereocenters. The van der Waals surface area contributed by atoms with Crippen LogP contribution in [0.4, 0.5) is 0 Å². The Labute approximate surface area is 168 Å². The van der Waals surface area contributed by atoms with E-state index in [0.29, 0.717) is 16.0 Å². The Kier molecular flexibility index (Phi) is 5.42. The first kappa shape index (κ1) is 18.8. The fraction of sp³-hybridized carbons (Fsp3) is 0.381. The van der Waals surface area contributed by atoms with E-state index in [0.717, 1.165) is 24.0 Å². The number of morpholine rings is 1. The molecule has 0 radical (unpaired) electrons. The van der Waals surface area contributed by atoms with Crippen LogP contribution in [0.2, 0.25) is 10.0 Å². The Bertz CT molecular complexity index is 822. The third-order valence-corrected chi connectivity index (χ3v) is 5.85. The average Bonchev–Trinajstić information content (AvgIpc) is 3.49. The first-order chi connectivity index (χ1) is 13.1. The molecule has 4 rings (SSSR count). The van der Waals surface area contributed by atoms with Gasteiger partial charge in [-0.3, -0.25) is 4.79 Å². The molecule has 0 bridgehead atoms. The van der Waals surface area contributed by atoms with Gasteiger partial charge in [0.25, 0.3) is 0 Å². The van der Waals surface area contributed by atoms with E-state index in [1.165, 1.54) is 0 Å². The zero-order valence-electron chi connectivity index (χ0n) is 14.7. The zero-order chi connectivity index (χ0) is 19.0. The topological polar surface area (TPSA) is 49.8 Å². The summed E-state index contributed by atoms with van der Waals surface area (Å²) in [5, 5.41) is 11.3. The van der Waals surface area contributed by atoms with Crippen LogP contribution in [0.3, 0.4) is 0 Å². The molecule has 1 aliphatic heterocycles. The molecule has 142 valence electrons. The number of carbonyl (C=O) groups is 1. The van der Waals surface area contributed by atoms with Gasteiger partial charge in [-0.1, -0.05) is 47.5 Å². The summed E-state index contributed by atoms with van der Waals surface area (Å²) in [5.74, 6) is 0.242. The lowest BCUT2D eigenvalue weighted by atomic mass is 9.91. The van der Waals surface area contributed by atoms with Crippen LogP contribution >= 0.6 is 23.2 Å². The van der Waals surface area contributed by atoms with Crippen molar-refractivity contribution < 1.29 is 14.6 Å². The lowest BCUT2D eigenvalue weighted by Crippen LogP contribution is -2.52. The second-order valence-corrected chi connectivity index (χ2v) is 8.04. The SMILES string of the molecule is O=C1COC(c2cccc(Cl)c2)C(c2ccc(Cl)cc2)N1[C@H](CO)C1CC1. The Balaban J connectivity index is 1.79. The normalized spacial score (nSPS) is 24.1.